The van der Waals surface area contributed by atoms with Crippen LogP contribution < -0.4 is 10.9 Å². The van der Waals surface area contributed by atoms with E-state index in [2.05, 4.69) is 5.32 Å². The van der Waals surface area contributed by atoms with Crippen molar-refractivity contribution in [3.8, 4) is 0 Å². The lowest BCUT2D eigenvalue weighted by Gasteiger charge is -2.31. The number of esters is 1. The predicted octanol–water partition coefficient (Wildman–Crippen LogP) is 2.29. The van der Waals surface area contributed by atoms with Crippen molar-refractivity contribution in [3.63, 3.8) is 0 Å². The minimum Gasteiger partial charge on any atom is -0.452 e. The molecule has 0 atom stereocenters. The fourth-order valence-electron chi connectivity index (χ4n) is 3.51. The number of ether oxygens (including phenoxy) is 1. The van der Waals surface area contributed by atoms with Crippen molar-refractivity contribution in [2.24, 2.45) is 5.92 Å². The van der Waals surface area contributed by atoms with E-state index in [1.807, 2.05) is 30.3 Å². The highest BCUT2D eigenvalue weighted by Crippen LogP contribution is 2.20. The van der Waals surface area contributed by atoms with E-state index < -0.39 is 18.2 Å². The van der Waals surface area contributed by atoms with Crippen LogP contribution in [0.1, 0.15) is 34.5 Å². The Balaban J connectivity index is 1.48. The number of aryl methyl sites for hydroxylation is 2. The number of hydrogen-bond acceptors (Lipinski definition) is 6. The molecule has 2 amide bonds. The van der Waals surface area contributed by atoms with Crippen molar-refractivity contribution >= 4 is 23.5 Å². The number of carbonyl (C=O) groups excluding carboxylic acids is 3. The molecule has 1 aromatic carbocycles. The summed E-state index contributed by atoms with van der Waals surface area (Å²) in [5.74, 6) is -1.11. The third kappa shape index (κ3) is 5.14. The first-order valence-corrected chi connectivity index (χ1v) is 9.77. The average Bonchev–Trinajstić information content (AvgIpc) is 2.72. The second-order valence-corrected chi connectivity index (χ2v) is 7.27. The molecular weight excluding hydrogens is 388 g/mol. The number of para-hydroxylation sites is 1. The maximum atomic E-state index is 12.4. The Morgan fingerprint density at radius 2 is 1.80 bits per heavy atom. The summed E-state index contributed by atoms with van der Waals surface area (Å²) in [5, 5.41) is 2.89. The molecule has 1 N–H and O–H groups in total. The normalized spacial score (nSPS) is 14.3. The number of amides is 2. The maximum absolute atomic E-state index is 12.4. The molecule has 0 radical (unpaired) electrons. The quantitative estimate of drug-likeness (QED) is 0.756. The molecule has 0 aliphatic carbocycles. The molecule has 1 saturated heterocycles. The van der Waals surface area contributed by atoms with Crippen LogP contribution in [0, 0.1) is 19.8 Å². The maximum Gasteiger partial charge on any atom is 0.342 e. The first-order chi connectivity index (χ1) is 14.3. The molecule has 0 unspecified atom stereocenters. The molecule has 8 heteroatoms. The summed E-state index contributed by atoms with van der Waals surface area (Å²) in [5.41, 5.74) is 0.789. The van der Waals surface area contributed by atoms with Crippen molar-refractivity contribution in [2.45, 2.75) is 26.7 Å². The molecule has 0 bridgehead atoms. The van der Waals surface area contributed by atoms with Gasteiger partial charge in [-0.3, -0.25) is 9.59 Å². The van der Waals surface area contributed by atoms with E-state index >= 15 is 0 Å². The molecule has 30 heavy (non-hydrogen) atoms. The Morgan fingerprint density at radius 1 is 1.13 bits per heavy atom. The van der Waals surface area contributed by atoms with Gasteiger partial charge in [-0.1, -0.05) is 18.2 Å². The van der Waals surface area contributed by atoms with Crippen LogP contribution in [-0.4, -0.2) is 42.4 Å². The van der Waals surface area contributed by atoms with Gasteiger partial charge in [-0.15, -0.1) is 0 Å². The molecule has 1 aromatic heterocycles. The monoisotopic (exact) mass is 412 g/mol. The van der Waals surface area contributed by atoms with Gasteiger partial charge in [0, 0.05) is 30.8 Å². The summed E-state index contributed by atoms with van der Waals surface area (Å²) < 4.78 is 10.0. The molecule has 1 aliphatic rings. The number of nitrogens with zero attached hydrogens (tertiary/aromatic N) is 1. The largest absolute Gasteiger partial charge is 0.452 e. The molecule has 1 fully saturated rings. The molecule has 2 heterocycles. The first kappa shape index (κ1) is 21.3. The number of carbonyl (C=O) groups is 3. The van der Waals surface area contributed by atoms with Crippen molar-refractivity contribution < 1.29 is 23.5 Å². The van der Waals surface area contributed by atoms with Crippen LogP contribution in [-0.2, 0) is 14.3 Å². The van der Waals surface area contributed by atoms with Gasteiger partial charge in [0.05, 0.1) is 0 Å². The molecule has 158 valence electrons. The van der Waals surface area contributed by atoms with Crippen LogP contribution in [0.25, 0.3) is 0 Å². The third-order valence-electron chi connectivity index (χ3n) is 5.13. The number of anilines is 1. The minimum atomic E-state index is -0.709. The smallest absolute Gasteiger partial charge is 0.342 e. The Morgan fingerprint density at radius 3 is 2.43 bits per heavy atom. The average molecular weight is 412 g/mol. The lowest BCUT2D eigenvalue weighted by atomic mass is 9.95. The van der Waals surface area contributed by atoms with Crippen molar-refractivity contribution in [1.29, 1.82) is 0 Å². The topological polar surface area (TPSA) is 106 Å². The van der Waals surface area contributed by atoms with Crippen LogP contribution in [0.5, 0.6) is 0 Å². The molecule has 3 rings (SSSR count). The molecule has 8 nitrogen and oxygen atoms in total. The van der Waals surface area contributed by atoms with Gasteiger partial charge in [0.2, 0.25) is 5.91 Å². The Hall–Kier alpha value is -3.42. The Kier molecular flexibility index (Phi) is 6.66. The minimum absolute atomic E-state index is 0.0590. The standard InChI is InChI=1S/C22H24N2O6/c1-14-12-19(26)30-15(2)20(14)22(28)29-13-18(25)24-10-8-16(9-11-24)21(27)23-17-6-4-3-5-7-17/h3-7,12,16H,8-11,13H2,1-2H3,(H,23,27). The van der Waals surface area contributed by atoms with Crippen molar-refractivity contribution in [1.82, 2.24) is 4.90 Å². The van der Waals surface area contributed by atoms with E-state index in [9.17, 15) is 19.2 Å². The van der Waals surface area contributed by atoms with Gasteiger partial charge >= 0.3 is 11.6 Å². The Bertz CT molecular complexity index is 964. The predicted molar refractivity (Wildman–Crippen MR) is 109 cm³/mol. The zero-order valence-electron chi connectivity index (χ0n) is 17.0. The van der Waals surface area contributed by atoms with Crippen LogP contribution in [0.15, 0.2) is 45.6 Å². The number of nitrogens with one attached hydrogen (secondary N) is 1. The van der Waals surface area contributed by atoms with Crippen LogP contribution in [0.4, 0.5) is 5.69 Å². The van der Waals surface area contributed by atoms with E-state index in [0.29, 0.717) is 31.5 Å². The zero-order valence-corrected chi connectivity index (χ0v) is 17.0. The van der Waals surface area contributed by atoms with Gasteiger partial charge in [0.15, 0.2) is 6.61 Å². The van der Waals surface area contributed by atoms with Crippen molar-refractivity contribution in [2.75, 3.05) is 25.0 Å². The summed E-state index contributed by atoms with van der Waals surface area (Å²) >= 11 is 0. The Labute approximate surface area is 173 Å². The fourth-order valence-corrected chi connectivity index (χ4v) is 3.51. The van der Waals surface area contributed by atoms with Crippen LogP contribution in [0.3, 0.4) is 0 Å². The summed E-state index contributed by atoms with van der Waals surface area (Å²) in [7, 11) is 0. The second-order valence-electron chi connectivity index (χ2n) is 7.27. The molecular formula is C22H24N2O6. The van der Waals surface area contributed by atoms with E-state index in [0.717, 1.165) is 5.69 Å². The van der Waals surface area contributed by atoms with Gasteiger partial charge in [-0.2, -0.15) is 0 Å². The van der Waals surface area contributed by atoms with Gasteiger partial charge in [0.25, 0.3) is 5.91 Å². The van der Waals surface area contributed by atoms with Gasteiger partial charge < -0.3 is 19.4 Å². The summed E-state index contributed by atoms with van der Waals surface area (Å²) in [4.78, 5) is 50.0. The van der Waals surface area contributed by atoms with Crippen LogP contribution in [0.2, 0.25) is 0 Å². The molecule has 0 spiro atoms. The third-order valence-corrected chi connectivity index (χ3v) is 5.13. The van der Waals surface area contributed by atoms with Gasteiger partial charge in [-0.05, 0) is 44.4 Å². The van der Waals surface area contributed by atoms with Gasteiger partial charge in [0.1, 0.15) is 11.3 Å². The lowest BCUT2D eigenvalue weighted by molar-refractivity contribution is -0.137. The zero-order chi connectivity index (χ0) is 21.7. The fraction of sp³-hybridized carbons (Fsp3) is 0.364. The molecule has 2 aromatic rings. The second kappa shape index (κ2) is 9.39. The SMILES string of the molecule is Cc1cc(=O)oc(C)c1C(=O)OCC(=O)N1CCC(C(=O)Nc2ccccc2)CC1. The summed E-state index contributed by atoms with van der Waals surface area (Å²) in [6.07, 6.45) is 1.08. The van der Waals surface area contributed by atoms with Gasteiger partial charge in [-0.25, -0.2) is 9.59 Å². The highest BCUT2D eigenvalue weighted by molar-refractivity contribution is 5.94. The first-order valence-electron chi connectivity index (χ1n) is 9.77. The highest BCUT2D eigenvalue weighted by Gasteiger charge is 2.28. The van der Waals surface area contributed by atoms with E-state index in [4.69, 9.17) is 9.15 Å². The number of rotatable bonds is 5. The summed E-state index contributed by atoms with van der Waals surface area (Å²) in [6, 6.07) is 10.4. The number of benzene rings is 1. The molecule has 1 aliphatic heterocycles. The molecule has 0 saturated carbocycles. The number of hydrogen-bond donors (Lipinski definition) is 1. The number of likely N-dealkylation sites (tertiary alicyclic amines) is 1. The highest BCUT2D eigenvalue weighted by atomic mass is 16.5. The lowest BCUT2D eigenvalue weighted by Crippen LogP contribution is -2.43. The summed E-state index contributed by atoms with van der Waals surface area (Å²) in [6.45, 7) is 3.53. The van der Waals surface area contributed by atoms with Crippen LogP contribution >= 0.6 is 0 Å². The van der Waals surface area contributed by atoms with E-state index in [1.165, 1.54) is 13.0 Å². The number of piperidine rings is 1. The van der Waals surface area contributed by atoms with E-state index in [-0.39, 0.29) is 29.1 Å². The van der Waals surface area contributed by atoms with Crippen molar-refractivity contribution in [3.05, 3.63) is 63.7 Å². The van der Waals surface area contributed by atoms with E-state index in [1.54, 1.807) is 11.8 Å².